The fourth-order valence-electron chi connectivity index (χ4n) is 8.42. The molecule has 0 unspecified atom stereocenters. The molecular formula is C37H47Br2N5O6. The molecule has 5 aliphatic rings. The minimum atomic E-state index is -1.02. The van der Waals surface area contributed by atoms with Crippen LogP contribution in [-0.2, 0) is 22.4 Å². The number of rotatable bonds is 7. The highest BCUT2D eigenvalue weighted by Crippen LogP contribution is 2.46. The molecule has 2 aromatic rings. The Bertz CT molecular complexity index is 1560. The number of halogens is 2. The number of aromatic hydroxyl groups is 1. The van der Waals surface area contributed by atoms with Crippen LogP contribution in [0.3, 0.4) is 0 Å². The molecule has 2 aromatic carbocycles. The van der Waals surface area contributed by atoms with Crippen molar-refractivity contribution < 1.29 is 29.3 Å². The molecule has 1 aliphatic carbocycles. The number of amides is 4. The lowest BCUT2D eigenvalue weighted by Gasteiger charge is -2.43. The van der Waals surface area contributed by atoms with Gasteiger partial charge in [0, 0.05) is 56.9 Å². The maximum atomic E-state index is 14.1. The normalized spacial score (nSPS) is 22.8. The lowest BCUT2D eigenvalue weighted by atomic mass is 9.88. The molecule has 7 rings (SSSR count). The Morgan fingerprint density at radius 3 is 2.16 bits per heavy atom. The number of nitrogens with zero attached hydrogens (tertiary/aromatic N) is 4. The Kier molecular flexibility index (Phi) is 10.7. The number of hydrogen-bond donors (Lipinski definition) is 3. The van der Waals surface area contributed by atoms with Gasteiger partial charge in [-0.1, -0.05) is 18.2 Å². The van der Waals surface area contributed by atoms with E-state index < -0.39 is 17.8 Å². The molecule has 13 heteroatoms. The number of hydrogen-bond acceptors (Lipinski definition) is 7. The van der Waals surface area contributed by atoms with Crippen LogP contribution in [0.1, 0.15) is 62.5 Å². The van der Waals surface area contributed by atoms with Crippen LogP contribution >= 0.6 is 31.9 Å². The summed E-state index contributed by atoms with van der Waals surface area (Å²) in [6.45, 7) is 4.64. The van der Waals surface area contributed by atoms with Crippen molar-refractivity contribution in [3.8, 4) is 5.75 Å². The van der Waals surface area contributed by atoms with Crippen molar-refractivity contribution in [2.45, 2.75) is 88.0 Å². The summed E-state index contributed by atoms with van der Waals surface area (Å²) >= 11 is 6.78. The van der Waals surface area contributed by atoms with Gasteiger partial charge in [-0.05, 0) is 138 Å². The van der Waals surface area contributed by atoms with Gasteiger partial charge in [0.05, 0.1) is 14.5 Å². The minimum absolute atomic E-state index is 0.00281. The summed E-state index contributed by atoms with van der Waals surface area (Å²) in [7, 11) is 0. The Morgan fingerprint density at radius 2 is 1.50 bits per heavy atom. The number of carbonyl (C=O) groups is 3. The molecule has 1 saturated carbocycles. The first-order chi connectivity index (χ1) is 24.1. The number of carbonyl (C=O) groups excluding carboxylic acids is 3. The van der Waals surface area contributed by atoms with Crippen LogP contribution in [0.4, 0.5) is 15.3 Å². The first kappa shape index (κ1) is 35.5. The summed E-state index contributed by atoms with van der Waals surface area (Å²) in [5.41, 5.74) is 2.30. The first-order valence-electron chi connectivity index (χ1n) is 18.1. The number of fused-ring (bicyclic) bond motifs is 1. The number of aliphatic hydroxyl groups is 1. The summed E-state index contributed by atoms with van der Waals surface area (Å²) < 4.78 is 7.02. The van der Waals surface area contributed by atoms with E-state index in [0.717, 1.165) is 74.8 Å². The second-order valence-electron chi connectivity index (χ2n) is 14.7. The molecule has 0 spiro atoms. The van der Waals surface area contributed by atoms with Crippen molar-refractivity contribution >= 4 is 55.6 Å². The zero-order valence-corrected chi connectivity index (χ0v) is 31.5. The van der Waals surface area contributed by atoms with Gasteiger partial charge in [0.2, 0.25) is 0 Å². The van der Waals surface area contributed by atoms with Crippen molar-refractivity contribution in [3.05, 3.63) is 56.5 Å². The van der Waals surface area contributed by atoms with Crippen LogP contribution in [0.2, 0.25) is 0 Å². The van der Waals surface area contributed by atoms with E-state index >= 15 is 0 Å². The number of para-hydroxylation sites is 1. The third-order valence-electron chi connectivity index (χ3n) is 11.7. The van der Waals surface area contributed by atoms with Gasteiger partial charge in [-0.3, -0.25) is 4.79 Å². The second-order valence-corrected chi connectivity index (χ2v) is 16.4. The van der Waals surface area contributed by atoms with Gasteiger partial charge < -0.3 is 39.9 Å². The molecule has 50 heavy (non-hydrogen) atoms. The molecule has 11 nitrogen and oxygen atoms in total. The number of piperidine rings is 3. The molecule has 270 valence electrons. The highest BCUT2D eigenvalue weighted by molar-refractivity contribution is 9.11. The Balaban J connectivity index is 0.963. The van der Waals surface area contributed by atoms with Crippen molar-refractivity contribution in [1.82, 2.24) is 19.6 Å². The van der Waals surface area contributed by atoms with E-state index in [9.17, 15) is 24.6 Å². The zero-order valence-electron chi connectivity index (χ0n) is 28.4. The molecule has 4 aliphatic heterocycles. The van der Waals surface area contributed by atoms with Crippen LogP contribution in [0.5, 0.6) is 5.75 Å². The molecule has 4 fully saturated rings. The monoisotopic (exact) mass is 815 g/mol. The number of nitrogens with one attached hydrogen (secondary N) is 1. The lowest BCUT2D eigenvalue weighted by Crippen LogP contribution is -2.53. The van der Waals surface area contributed by atoms with Crippen molar-refractivity contribution in [2.24, 2.45) is 5.92 Å². The van der Waals surface area contributed by atoms with Gasteiger partial charge in [0.1, 0.15) is 5.75 Å². The largest absolute Gasteiger partial charge is 0.506 e. The molecule has 4 heterocycles. The highest BCUT2D eigenvalue weighted by atomic mass is 79.9. The number of phenolic OH excluding ortho intramolecular Hbond substituents is 1. The summed E-state index contributed by atoms with van der Waals surface area (Å²) in [6, 6.07) is 11.7. The van der Waals surface area contributed by atoms with Crippen LogP contribution in [0.25, 0.3) is 0 Å². The highest BCUT2D eigenvalue weighted by Gasteiger charge is 2.48. The number of likely N-dealkylation sites (tertiary alicyclic amines) is 3. The number of benzene rings is 2. The Hall–Kier alpha value is -2.87. The maximum absolute atomic E-state index is 14.1. The van der Waals surface area contributed by atoms with Crippen molar-refractivity contribution in [3.63, 3.8) is 0 Å². The first-order valence-corrected chi connectivity index (χ1v) is 19.7. The van der Waals surface area contributed by atoms with E-state index in [1.165, 1.54) is 0 Å². The standard InChI is InChI=1S/C37H47Br2N5O6/c38-29-21-24(22-30(39)33(29)45)23-32(34(46)42-16-8-27(9-17-42)41-14-6-26(7-15-41)37(49)12-13-37)50-36(48)43-18-10-28(11-19-43)44-20-5-25-3-1-2-4-31(25)40-35(44)47/h1-4,21-22,26-28,32,45,49H,5-20,23H2,(H,40,47)/t32-/m1/s1. The number of anilines is 1. The van der Waals surface area contributed by atoms with E-state index in [-0.39, 0.29) is 30.2 Å². The Labute approximate surface area is 310 Å². The summed E-state index contributed by atoms with van der Waals surface area (Å²) in [4.78, 5) is 48.7. The van der Waals surface area contributed by atoms with Gasteiger partial charge in [-0.2, -0.15) is 0 Å². The molecule has 1 atom stereocenters. The molecule has 0 radical (unpaired) electrons. The molecular weight excluding hydrogens is 770 g/mol. The maximum Gasteiger partial charge on any atom is 0.410 e. The predicted molar refractivity (Wildman–Crippen MR) is 196 cm³/mol. The second kappa shape index (κ2) is 15.0. The van der Waals surface area contributed by atoms with E-state index in [1.807, 2.05) is 34.1 Å². The summed E-state index contributed by atoms with van der Waals surface area (Å²) in [6.07, 6.45) is 6.30. The average Bonchev–Trinajstić information content (AvgIpc) is 3.91. The molecule has 3 N–H and O–H groups in total. The van der Waals surface area contributed by atoms with Crippen LogP contribution < -0.4 is 5.32 Å². The van der Waals surface area contributed by atoms with E-state index in [2.05, 4.69) is 42.1 Å². The van der Waals surface area contributed by atoms with Crippen molar-refractivity contribution in [2.75, 3.05) is 51.1 Å². The predicted octanol–water partition coefficient (Wildman–Crippen LogP) is 5.75. The third-order valence-corrected chi connectivity index (χ3v) is 12.9. The fourth-order valence-corrected chi connectivity index (χ4v) is 9.70. The average molecular weight is 818 g/mol. The van der Waals surface area contributed by atoms with Crippen LogP contribution in [0.15, 0.2) is 45.3 Å². The zero-order chi connectivity index (χ0) is 35.0. The number of phenols is 1. The van der Waals surface area contributed by atoms with Gasteiger partial charge in [-0.25, -0.2) is 9.59 Å². The van der Waals surface area contributed by atoms with Gasteiger partial charge in [0.15, 0.2) is 6.10 Å². The van der Waals surface area contributed by atoms with E-state index in [0.29, 0.717) is 66.5 Å². The minimum Gasteiger partial charge on any atom is -0.506 e. The van der Waals surface area contributed by atoms with Gasteiger partial charge >= 0.3 is 12.1 Å². The van der Waals surface area contributed by atoms with Gasteiger partial charge in [0.25, 0.3) is 5.91 Å². The third kappa shape index (κ3) is 7.80. The lowest BCUT2D eigenvalue weighted by molar-refractivity contribution is -0.142. The molecule has 0 bridgehead atoms. The fraction of sp³-hybridized carbons (Fsp3) is 0.595. The van der Waals surface area contributed by atoms with Crippen molar-refractivity contribution in [1.29, 1.82) is 0 Å². The number of ether oxygens (including phenoxy) is 1. The van der Waals surface area contributed by atoms with Crippen LogP contribution in [0, 0.1) is 5.92 Å². The van der Waals surface area contributed by atoms with Crippen LogP contribution in [-0.4, -0.2) is 117 Å². The quantitative estimate of drug-likeness (QED) is 0.325. The summed E-state index contributed by atoms with van der Waals surface area (Å²) in [5, 5.41) is 23.9. The van der Waals surface area contributed by atoms with Gasteiger partial charge in [-0.15, -0.1) is 0 Å². The van der Waals surface area contributed by atoms with E-state index in [4.69, 9.17) is 4.74 Å². The SMILES string of the molecule is O=C(O[C@H](Cc1cc(Br)c(O)c(Br)c1)C(=O)N1CCC(N2CCC(C3(O)CC3)CC2)CC1)N1CCC(N2CCc3ccccc3NC2=O)CC1. The molecule has 3 saturated heterocycles. The topological polar surface area (TPSA) is 126 Å². The molecule has 4 amide bonds. The molecule has 0 aromatic heterocycles. The smallest absolute Gasteiger partial charge is 0.410 e. The summed E-state index contributed by atoms with van der Waals surface area (Å²) in [5.74, 6) is 0.270. The number of urea groups is 1. The Morgan fingerprint density at radius 1 is 0.880 bits per heavy atom. The van der Waals surface area contributed by atoms with E-state index in [1.54, 1.807) is 17.0 Å².